The molecule has 112 valence electrons. The Morgan fingerprint density at radius 3 is 2.26 bits per heavy atom. The van der Waals surface area contributed by atoms with E-state index in [9.17, 15) is 19.4 Å². The number of unbranched alkanes of at least 4 members (excludes halogenated alkanes) is 2. The highest BCUT2D eigenvalue weighted by Crippen LogP contribution is 3.02. The molecular formula is C12H16BrF5S. The lowest BCUT2D eigenvalue weighted by Gasteiger charge is -2.40. The Balaban J connectivity index is 2.96. The first-order valence-electron chi connectivity index (χ1n) is 5.92. The van der Waals surface area contributed by atoms with E-state index in [4.69, 9.17) is 0 Å². The van der Waals surface area contributed by atoms with Crippen LogP contribution in [0, 0.1) is 0 Å². The lowest BCUT2D eigenvalue weighted by Crippen LogP contribution is -2.06. The van der Waals surface area contributed by atoms with Crippen molar-refractivity contribution in [3.05, 3.63) is 29.8 Å². The van der Waals surface area contributed by atoms with Crippen LogP contribution in [0.4, 0.5) is 19.4 Å². The average Bonchev–Trinajstić information content (AvgIpc) is 2.26. The van der Waals surface area contributed by atoms with Gasteiger partial charge in [-0.1, -0.05) is 73.7 Å². The summed E-state index contributed by atoms with van der Waals surface area (Å²) in [4.78, 5) is -2.16. The van der Waals surface area contributed by atoms with Crippen molar-refractivity contribution in [3.63, 3.8) is 0 Å². The number of halogens is 6. The molecule has 0 N–H and O–H groups in total. The maximum atomic E-state index is 12.7. The summed E-state index contributed by atoms with van der Waals surface area (Å²) in [7, 11) is -9.58. The summed E-state index contributed by atoms with van der Waals surface area (Å²) in [6, 6.07) is 3.43. The Morgan fingerprint density at radius 2 is 1.74 bits per heavy atom. The Bertz CT molecular complexity index is 442. The van der Waals surface area contributed by atoms with Crippen molar-refractivity contribution in [3.8, 4) is 0 Å². The summed E-state index contributed by atoms with van der Waals surface area (Å²) < 4.78 is 63.4. The molecular weight excluding hydrogens is 351 g/mol. The fraction of sp³-hybridized carbons (Fsp3) is 0.500. The second kappa shape index (κ2) is 4.91. The summed E-state index contributed by atoms with van der Waals surface area (Å²) in [5, 5.41) is 0. The van der Waals surface area contributed by atoms with Crippen LogP contribution < -0.4 is 0 Å². The van der Waals surface area contributed by atoms with Crippen LogP contribution in [0.1, 0.15) is 43.0 Å². The van der Waals surface area contributed by atoms with Crippen molar-refractivity contribution in [2.75, 3.05) is 0 Å². The number of rotatable bonds is 6. The second-order valence-electron chi connectivity index (χ2n) is 4.50. The van der Waals surface area contributed by atoms with Gasteiger partial charge in [-0.15, -0.1) is 0 Å². The fourth-order valence-electron chi connectivity index (χ4n) is 1.69. The van der Waals surface area contributed by atoms with Gasteiger partial charge in [-0.05, 0) is 24.1 Å². The summed E-state index contributed by atoms with van der Waals surface area (Å²) in [6.45, 7) is 2.01. The molecule has 0 aliphatic rings. The smallest absolute Gasteiger partial charge is 0.0936 e. The van der Waals surface area contributed by atoms with Gasteiger partial charge in [0.1, 0.15) is 4.90 Å². The number of hydrogen-bond acceptors (Lipinski definition) is 0. The topological polar surface area (TPSA) is 0 Å². The highest BCUT2D eigenvalue weighted by atomic mass is 79.9. The van der Waals surface area contributed by atoms with Gasteiger partial charge in [-0.25, -0.2) is 0 Å². The number of hydrogen-bond donors (Lipinski definition) is 0. The predicted octanol–water partition coefficient (Wildman–Crippen LogP) is 7.36. The monoisotopic (exact) mass is 366 g/mol. The van der Waals surface area contributed by atoms with E-state index in [0.717, 1.165) is 25.3 Å². The zero-order valence-corrected chi connectivity index (χ0v) is 12.8. The van der Waals surface area contributed by atoms with Crippen molar-refractivity contribution in [1.82, 2.24) is 0 Å². The number of benzene rings is 1. The molecule has 0 aliphatic heterocycles. The van der Waals surface area contributed by atoms with Crippen molar-refractivity contribution < 1.29 is 19.4 Å². The largest absolute Gasteiger partial charge is 0.310 e. The lowest BCUT2D eigenvalue weighted by molar-refractivity contribution is 0.364. The zero-order chi connectivity index (χ0) is 14.8. The molecule has 0 spiro atoms. The van der Waals surface area contributed by atoms with E-state index in [0.29, 0.717) is 18.6 Å². The van der Waals surface area contributed by atoms with E-state index in [-0.39, 0.29) is 10.4 Å². The van der Waals surface area contributed by atoms with Crippen molar-refractivity contribution in [2.45, 2.75) is 42.3 Å². The highest BCUT2D eigenvalue weighted by Gasteiger charge is 2.65. The predicted molar refractivity (Wildman–Crippen MR) is 73.6 cm³/mol. The summed E-state index contributed by atoms with van der Waals surface area (Å²) in [6.07, 6.45) is 3.42. The molecule has 1 atom stereocenters. The van der Waals surface area contributed by atoms with Gasteiger partial charge in [0.2, 0.25) is 0 Å². The molecule has 0 saturated carbocycles. The Morgan fingerprint density at radius 1 is 1.11 bits per heavy atom. The van der Waals surface area contributed by atoms with E-state index in [1.807, 2.05) is 6.92 Å². The van der Waals surface area contributed by atoms with Crippen LogP contribution >= 0.6 is 26.2 Å². The lowest BCUT2D eigenvalue weighted by atomic mass is 10.1. The third-order valence-electron chi connectivity index (χ3n) is 2.73. The van der Waals surface area contributed by atoms with Gasteiger partial charge in [-0.3, -0.25) is 0 Å². The Hall–Kier alpha value is -0.300. The van der Waals surface area contributed by atoms with Crippen LogP contribution in [0.25, 0.3) is 0 Å². The molecule has 1 aromatic rings. The SMILES string of the molecule is CCCCCC(Br)c1cccc(S(F)(F)(F)(F)F)c1. The maximum Gasteiger partial charge on any atom is 0.310 e. The summed E-state index contributed by atoms with van der Waals surface area (Å²) in [5.74, 6) is 0. The minimum atomic E-state index is -9.58. The first-order valence-corrected chi connectivity index (χ1v) is 8.79. The summed E-state index contributed by atoms with van der Waals surface area (Å²) in [5.41, 5.74) is 0.238. The molecule has 0 saturated heterocycles. The second-order valence-corrected chi connectivity index (χ2v) is 8.02. The zero-order valence-electron chi connectivity index (χ0n) is 10.4. The molecule has 1 rings (SSSR count). The molecule has 19 heavy (non-hydrogen) atoms. The van der Waals surface area contributed by atoms with Crippen LogP contribution in [0.15, 0.2) is 29.2 Å². The summed E-state index contributed by atoms with van der Waals surface area (Å²) >= 11 is 3.25. The minimum Gasteiger partial charge on any atom is -0.0936 e. The van der Waals surface area contributed by atoms with Crippen LogP contribution in [-0.4, -0.2) is 0 Å². The molecule has 0 fully saturated rings. The van der Waals surface area contributed by atoms with Gasteiger partial charge < -0.3 is 0 Å². The van der Waals surface area contributed by atoms with Crippen LogP contribution in [-0.2, 0) is 0 Å². The molecule has 0 amide bonds. The van der Waals surface area contributed by atoms with Gasteiger partial charge in [-0.2, -0.15) is 0 Å². The normalized spacial score (nSPS) is 17.6. The molecule has 0 heterocycles. The standard InChI is InChI=1S/C12H16BrF5S/c1-2-3-4-8-12(13)10-6-5-7-11(9-10)19(14,15,16,17)18/h5-7,9,12H,2-4,8H2,1H3. The Kier molecular flexibility index (Phi) is 4.33. The van der Waals surface area contributed by atoms with E-state index in [2.05, 4.69) is 15.9 Å². The van der Waals surface area contributed by atoms with E-state index < -0.39 is 15.1 Å². The molecule has 0 bridgehead atoms. The van der Waals surface area contributed by atoms with Gasteiger partial charge in [0.25, 0.3) is 0 Å². The minimum absolute atomic E-state index is 0.238. The first kappa shape index (κ1) is 16.8. The quantitative estimate of drug-likeness (QED) is 0.280. The van der Waals surface area contributed by atoms with Crippen molar-refractivity contribution in [2.24, 2.45) is 0 Å². The fourth-order valence-corrected chi connectivity index (χ4v) is 2.99. The van der Waals surface area contributed by atoms with Gasteiger partial charge in [0, 0.05) is 4.83 Å². The molecule has 0 aliphatic carbocycles. The average molecular weight is 367 g/mol. The van der Waals surface area contributed by atoms with Crippen LogP contribution in [0.5, 0.6) is 0 Å². The van der Waals surface area contributed by atoms with E-state index in [1.165, 1.54) is 6.07 Å². The molecule has 0 radical (unpaired) electrons. The van der Waals surface area contributed by atoms with Gasteiger partial charge in [0.15, 0.2) is 0 Å². The first-order chi connectivity index (χ1) is 8.44. The number of alkyl halides is 1. The Labute approximate surface area is 118 Å². The molecule has 0 aromatic heterocycles. The third-order valence-corrected chi connectivity index (χ3v) is 4.86. The highest BCUT2D eigenvalue weighted by molar-refractivity contribution is 9.09. The molecule has 0 nitrogen and oxygen atoms in total. The van der Waals surface area contributed by atoms with E-state index >= 15 is 0 Å². The van der Waals surface area contributed by atoms with E-state index in [1.54, 1.807) is 0 Å². The molecule has 1 unspecified atom stereocenters. The molecule has 1 aromatic carbocycles. The molecule has 7 heteroatoms. The maximum absolute atomic E-state index is 12.7. The van der Waals surface area contributed by atoms with Crippen LogP contribution in [0.3, 0.4) is 0 Å². The van der Waals surface area contributed by atoms with Crippen LogP contribution in [0.2, 0.25) is 0 Å². The van der Waals surface area contributed by atoms with Gasteiger partial charge in [0.05, 0.1) is 0 Å². The van der Waals surface area contributed by atoms with Crippen molar-refractivity contribution in [1.29, 1.82) is 0 Å². The van der Waals surface area contributed by atoms with Gasteiger partial charge >= 0.3 is 10.2 Å². The van der Waals surface area contributed by atoms with Crippen molar-refractivity contribution >= 4 is 26.2 Å². The third kappa shape index (κ3) is 5.30.